The quantitative estimate of drug-likeness (QED) is 0.517. The molecular formula is C24H31ClN2O2. The third-order valence-corrected chi connectivity index (χ3v) is 5.68. The van der Waals surface area contributed by atoms with Gasteiger partial charge < -0.3 is 15.3 Å². The fraction of sp³-hybridized carbons (Fsp3) is 0.458. The Morgan fingerprint density at radius 2 is 1.83 bits per heavy atom. The van der Waals surface area contributed by atoms with E-state index in [4.69, 9.17) is 11.6 Å². The van der Waals surface area contributed by atoms with Crippen molar-refractivity contribution in [3.05, 3.63) is 53.1 Å². The molecular weight excluding hydrogens is 384 g/mol. The Kier molecular flexibility index (Phi) is 7.43. The molecule has 0 radical (unpaired) electrons. The zero-order chi connectivity index (χ0) is 20.8. The molecule has 0 aromatic heterocycles. The van der Waals surface area contributed by atoms with Gasteiger partial charge in [-0.15, -0.1) is 0 Å². The summed E-state index contributed by atoms with van der Waals surface area (Å²) < 4.78 is 0. The zero-order valence-electron chi connectivity index (χ0n) is 17.3. The molecule has 5 heteroatoms. The molecule has 3 rings (SSSR count). The minimum absolute atomic E-state index is 0.0171. The molecule has 0 atom stereocenters. The van der Waals surface area contributed by atoms with Crippen molar-refractivity contribution in [2.24, 2.45) is 5.92 Å². The Morgan fingerprint density at radius 3 is 2.45 bits per heavy atom. The number of carboxylic acids is 1. The highest BCUT2D eigenvalue weighted by molar-refractivity contribution is 6.30. The molecule has 0 aliphatic heterocycles. The molecule has 0 amide bonds. The second-order valence-corrected chi connectivity index (χ2v) is 8.83. The summed E-state index contributed by atoms with van der Waals surface area (Å²) in [7, 11) is 0. The number of anilines is 3. The summed E-state index contributed by atoms with van der Waals surface area (Å²) in [5.41, 5.74) is 3.84. The Morgan fingerprint density at radius 1 is 1.14 bits per heavy atom. The highest BCUT2D eigenvalue weighted by atomic mass is 35.5. The van der Waals surface area contributed by atoms with E-state index in [0.717, 1.165) is 29.2 Å². The molecule has 1 aliphatic carbocycles. The van der Waals surface area contributed by atoms with Crippen molar-refractivity contribution in [3.8, 4) is 0 Å². The minimum atomic E-state index is -0.818. The van der Waals surface area contributed by atoms with Crippen molar-refractivity contribution in [2.75, 3.05) is 16.8 Å². The maximum atomic E-state index is 11.2. The van der Waals surface area contributed by atoms with Crippen LogP contribution in [0.1, 0.15) is 51.5 Å². The van der Waals surface area contributed by atoms with Crippen LogP contribution in [0.2, 0.25) is 5.02 Å². The summed E-state index contributed by atoms with van der Waals surface area (Å²) in [5.74, 6) is -0.277. The number of rotatable bonds is 8. The van der Waals surface area contributed by atoms with Crippen LogP contribution in [0.25, 0.3) is 0 Å². The predicted molar refractivity (Wildman–Crippen MR) is 122 cm³/mol. The van der Waals surface area contributed by atoms with E-state index in [9.17, 15) is 9.90 Å². The zero-order valence-corrected chi connectivity index (χ0v) is 18.1. The van der Waals surface area contributed by atoms with Gasteiger partial charge in [-0.3, -0.25) is 4.79 Å². The average Bonchev–Trinajstić information content (AvgIpc) is 2.68. The topological polar surface area (TPSA) is 52.6 Å². The molecule has 2 aromatic carbocycles. The normalized spacial score (nSPS) is 14.8. The smallest absolute Gasteiger partial charge is 0.307 e. The van der Waals surface area contributed by atoms with Crippen LogP contribution in [0, 0.1) is 5.92 Å². The summed E-state index contributed by atoms with van der Waals surface area (Å²) in [6.07, 6.45) is 6.31. The van der Waals surface area contributed by atoms with Gasteiger partial charge in [0.25, 0.3) is 0 Å². The van der Waals surface area contributed by atoms with E-state index >= 15 is 0 Å². The molecule has 1 saturated carbocycles. The number of halogens is 1. The summed E-state index contributed by atoms with van der Waals surface area (Å²) >= 11 is 6.04. The van der Waals surface area contributed by atoms with Crippen LogP contribution >= 0.6 is 11.6 Å². The van der Waals surface area contributed by atoms with Gasteiger partial charge in [-0.25, -0.2) is 0 Å². The molecule has 2 N–H and O–H groups in total. The largest absolute Gasteiger partial charge is 0.481 e. The lowest BCUT2D eigenvalue weighted by molar-refractivity contribution is -0.136. The first-order valence-corrected chi connectivity index (χ1v) is 10.9. The summed E-state index contributed by atoms with van der Waals surface area (Å²) in [4.78, 5) is 13.8. The lowest BCUT2D eigenvalue weighted by atomic mass is 9.92. The maximum absolute atomic E-state index is 11.2. The Balaban J connectivity index is 1.98. The van der Waals surface area contributed by atoms with Crippen LogP contribution in [0.5, 0.6) is 0 Å². The maximum Gasteiger partial charge on any atom is 0.307 e. The van der Waals surface area contributed by atoms with Gasteiger partial charge >= 0.3 is 5.97 Å². The Labute approximate surface area is 178 Å². The molecule has 0 heterocycles. The fourth-order valence-corrected chi connectivity index (χ4v) is 4.26. The predicted octanol–water partition coefficient (Wildman–Crippen LogP) is 6.51. The molecule has 0 spiro atoms. The van der Waals surface area contributed by atoms with E-state index in [-0.39, 0.29) is 6.42 Å². The molecule has 4 nitrogen and oxygen atoms in total. The standard InChI is InChI=1S/C24H31ClN2O2/c1-17(2)16-27(21-6-4-3-5-7-21)23-13-8-18(15-24(28)29)14-22(23)26-20-11-9-19(25)10-12-20/h8-14,17,21,26H,3-7,15-16H2,1-2H3,(H,28,29). The van der Waals surface area contributed by atoms with Crippen molar-refractivity contribution in [3.63, 3.8) is 0 Å². The van der Waals surface area contributed by atoms with Gasteiger partial charge in [0.15, 0.2) is 0 Å². The molecule has 1 fully saturated rings. The van der Waals surface area contributed by atoms with E-state index in [0.29, 0.717) is 17.0 Å². The van der Waals surface area contributed by atoms with Crippen LogP contribution in [0.4, 0.5) is 17.1 Å². The van der Waals surface area contributed by atoms with E-state index in [2.05, 4.69) is 30.1 Å². The van der Waals surface area contributed by atoms with Crippen molar-refractivity contribution in [2.45, 2.75) is 58.4 Å². The van der Waals surface area contributed by atoms with Gasteiger partial charge in [0.05, 0.1) is 17.8 Å². The second-order valence-electron chi connectivity index (χ2n) is 8.39. The number of carboxylic acid groups (broad SMARTS) is 1. The van der Waals surface area contributed by atoms with Crippen molar-refractivity contribution in [1.29, 1.82) is 0 Å². The highest BCUT2D eigenvalue weighted by Crippen LogP contribution is 2.35. The number of nitrogens with zero attached hydrogens (tertiary/aromatic N) is 1. The van der Waals surface area contributed by atoms with Gasteiger partial charge in [-0.05, 0) is 60.7 Å². The van der Waals surface area contributed by atoms with E-state index in [1.54, 1.807) is 0 Å². The van der Waals surface area contributed by atoms with E-state index < -0.39 is 5.97 Å². The van der Waals surface area contributed by atoms with Crippen molar-refractivity contribution < 1.29 is 9.90 Å². The van der Waals surface area contributed by atoms with E-state index in [1.807, 2.05) is 36.4 Å². The van der Waals surface area contributed by atoms with Gasteiger partial charge in [-0.1, -0.05) is 50.8 Å². The summed E-state index contributed by atoms with van der Waals surface area (Å²) in [6.45, 7) is 5.49. The van der Waals surface area contributed by atoms with Gasteiger partial charge in [0.2, 0.25) is 0 Å². The Bertz CT molecular complexity index is 814. The van der Waals surface area contributed by atoms with Crippen LogP contribution < -0.4 is 10.2 Å². The van der Waals surface area contributed by atoms with Gasteiger partial charge in [-0.2, -0.15) is 0 Å². The molecule has 1 aliphatic rings. The first-order chi connectivity index (χ1) is 13.9. The van der Waals surface area contributed by atoms with Gasteiger partial charge in [0, 0.05) is 23.3 Å². The molecule has 2 aromatic rings. The molecule has 0 saturated heterocycles. The van der Waals surface area contributed by atoms with Crippen LogP contribution in [0.15, 0.2) is 42.5 Å². The molecule has 156 valence electrons. The SMILES string of the molecule is CC(C)CN(c1ccc(CC(=O)O)cc1Nc1ccc(Cl)cc1)C1CCCCC1. The first kappa shape index (κ1) is 21.5. The molecule has 29 heavy (non-hydrogen) atoms. The number of carbonyl (C=O) groups is 1. The van der Waals surface area contributed by atoms with Crippen molar-refractivity contribution >= 4 is 34.6 Å². The first-order valence-electron chi connectivity index (χ1n) is 10.6. The van der Waals surface area contributed by atoms with E-state index in [1.165, 1.54) is 32.1 Å². The lowest BCUT2D eigenvalue weighted by Gasteiger charge is -2.38. The summed E-state index contributed by atoms with van der Waals surface area (Å²) in [6, 6.07) is 14.2. The van der Waals surface area contributed by atoms with Gasteiger partial charge in [0.1, 0.15) is 0 Å². The third-order valence-electron chi connectivity index (χ3n) is 5.43. The highest BCUT2D eigenvalue weighted by Gasteiger charge is 2.24. The lowest BCUT2D eigenvalue weighted by Crippen LogP contribution is -2.39. The second kappa shape index (κ2) is 10.0. The van der Waals surface area contributed by atoms with Crippen molar-refractivity contribution in [1.82, 2.24) is 0 Å². The summed E-state index contributed by atoms with van der Waals surface area (Å²) in [5, 5.41) is 13.4. The fourth-order valence-electron chi connectivity index (χ4n) is 4.14. The number of hydrogen-bond acceptors (Lipinski definition) is 3. The van der Waals surface area contributed by atoms with Crippen LogP contribution in [-0.4, -0.2) is 23.7 Å². The number of hydrogen-bond donors (Lipinski definition) is 2. The minimum Gasteiger partial charge on any atom is -0.481 e. The number of benzene rings is 2. The monoisotopic (exact) mass is 414 g/mol. The van der Waals surface area contributed by atoms with Crippen LogP contribution in [0.3, 0.4) is 0 Å². The Hall–Kier alpha value is -2.20. The average molecular weight is 415 g/mol. The number of nitrogens with one attached hydrogen (secondary N) is 1. The van der Waals surface area contributed by atoms with Crippen LogP contribution in [-0.2, 0) is 11.2 Å². The molecule has 0 unspecified atom stereocenters. The third kappa shape index (κ3) is 6.14. The number of aliphatic carboxylic acids is 1. The molecule has 0 bridgehead atoms.